The highest BCUT2D eigenvalue weighted by atomic mass is 16.6. The Hall–Kier alpha value is -2.16. The maximum atomic E-state index is 12.6. The van der Waals surface area contributed by atoms with E-state index in [1.165, 1.54) is 0 Å². The van der Waals surface area contributed by atoms with Crippen LogP contribution in [0.4, 0.5) is 0 Å². The molecule has 0 saturated carbocycles. The first-order valence-electron chi connectivity index (χ1n) is 9.35. The number of carbonyl (C=O) groups is 4. The average molecular weight is 389 g/mol. The molecule has 0 bridgehead atoms. The van der Waals surface area contributed by atoms with Crippen molar-refractivity contribution in [3.05, 3.63) is 0 Å². The third-order valence-corrected chi connectivity index (χ3v) is 3.62. The number of rotatable bonds is 15. The third kappa shape index (κ3) is 8.38. The Morgan fingerprint density at radius 3 is 1.33 bits per heavy atom. The molecule has 2 N–H and O–H groups in total. The van der Waals surface area contributed by atoms with Crippen LogP contribution < -0.4 is 5.32 Å². The number of carbonyl (C=O) groups excluding carboxylic acids is 3. The first kappa shape index (κ1) is 24.8. The summed E-state index contributed by atoms with van der Waals surface area (Å²) in [5.74, 6) is -5.02. The molecule has 0 amide bonds. The Kier molecular flexibility index (Phi) is 12.8. The molecule has 0 aromatic heterocycles. The zero-order valence-corrected chi connectivity index (χ0v) is 16.4. The molecule has 9 nitrogen and oxygen atoms in total. The second-order valence-corrected chi connectivity index (χ2v) is 5.97. The van der Waals surface area contributed by atoms with Crippen molar-refractivity contribution in [3.8, 4) is 0 Å². The molecule has 0 heterocycles. The van der Waals surface area contributed by atoms with E-state index in [0.29, 0.717) is 19.3 Å². The molecular weight excluding hydrogens is 358 g/mol. The van der Waals surface area contributed by atoms with Crippen molar-refractivity contribution in [2.24, 2.45) is 0 Å². The smallest absolute Gasteiger partial charge is 0.350 e. The molecule has 0 aliphatic rings. The van der Waals surface area contributed by atoms with Crippen LogP contribution in [-0.2, 0) is 33.4 Å². The first-order valence-corrected chi connectivity index (χ1v) is 9.35. The van der Waals surface area contributed by atoms with Gasteiger partial charge in [0.25, 0.3) is 0 Å². The van der Waals surface area contributed by atoms with E-state index in [1.54, 1.807) is 0 Å². The Balaban J connectivity index is 5.64. The van der Waals surface area contributed by atoms with Gasteiger partial charge in [-0.1, -0.05) is 40.0 Å². The molecule has 156 valence electrons. The monoisotopic (exact) mass is 389 g/mol. The van der Waals surface area contributed by atoms with Gasteiger partial charge in [0.15, 0.2) is 0 Å². The number of nitrogens with one attached hydrogen (secondary N) is 1. The van der Waals surface area contributed by atoms with Gasteiger partial charge in [0, 0.05) is 0 Å². The summed E-state index contributed by atoms with van der Waals surface area (Å²) in [7, 11) is 0. The summed E-state index contributed by atoms with van der Waals surface area (Å²) in [6.07, 6.45) is 3.75. The van der Waals surface area contributed by atoms with E-state index in [0.717, 1.165) is 19.3 Å². The maximum absolute atomic E-state index is 12.6. The van der Waals surface area contributed by atoms with Gasteiger partial charge in [0.1, 0.15) is 0 Å². The molecule has 0 aliphatic carbocycles. The third-order valence-electron chi connectivity index (χ3n) is 3.62. The van der Waals surface area contributed by atoms with E-state index in [2.05, 4.69) is 5.32 Å². The Morgan fingerprint density at radius 1 is 0.741 bits per heavy atom. The number of aliphatic carboxylic acids is 1. The average Bonchev–Trinajstić information content (AvgIpc) is 2.62. The minimum Gasteiger partial charge on any atom is -0.480 e. The number of carboxylic acid groups (broad SMARTS) is 1. The van der Waals surface area contributed by atoms with Crippen molar-refractivity contribution in [1.29, 1.82) is 0 Å². The van der Waals surface area contributed by atoms with Gasteiger partial charge in [-0.05, 0) is 19.3 Å². The van der Waals surface area contributed by atoms with Gasteiger partial charge < -0.3 is 19.3 Å². The summed E-state index contributed by atoms with van der Waals surface area (Å²) in [5.41, 5.74) is -2.66. The molecule has 0 saturated heterocycles. The quantitative estimate of drug-likeness (QED) is 0.185. The van der Waals surface area contributed by atoms with E-state index in [-0.39, 0.29) is 19.8 Å². The predicted molar refractivity (Wildman–Crippen MR) is 96.0 cm³/mol. The van der Waals surface area contributed by atoms with Crippen molar-refractivity contribution in [2.45, 2.75) is 64.8 Å². The van der Waals surface area contributed by atoms with Gasteiger partial charge in [0.2, 0.25) is 0 Å². The number of ether oxygens (including phenoxy) is 3. The summed E-state index contributed by atoms with van der Waals surface area (Å²) in [5, 5.41) is 11.1. The highest BCUT2D eigenvalue weighted by Crippen LogP contribution is 2.16. The number of carboxylic acids is 1. The van der Waals surface area contributed by atoms with Crippen LogP contribution >= 0.6 is 0 Å². The van der Waals surface area contributed by atoms with Crippen LogP contribution in [0.2, 0.25) is 0 Å². The zero-order valence-electron chi connectivity index (χ0n) is 16.4. The molecule has 0 radical (unpaired) electrons. The molecular formula is C18H31NO8. The number of unbranched alkanes of at least 4 members (excludes halogenated alkanes) is 3. The van der Waals surface area contributed by atoms with Crippen LogP contribution in [-0.4, -0.2) is 60.9 Å². The lowest BCUT2D eigenvalue weighted by atomic mass is 9.99. The molecule has 0 atom stereocenters. The van der Waals surface area contributed by atoms with Gasteiger partial charge in [-0.25, -0.2) is 14.4 Å². The fourth-order valence-electron chi connectivity index (χ4n) is 1.93. The van der Waals surface area contributed by atoms with Crippen molar-refractivity contribution in [1.82, 2.24) is 5.32 Å². The summed E-state index contributed by atoms with van der Waals surface area (Å²) in [6.45, 7) is 4.75. The Morgan fingerprint density at radius 2 is 1.07 bits per heavy atom. The fraction of sp³-hybridized carbons (Fsp3) is 0.778. The van der Waals surface area contributed by atoms with Gasteiger partial charge in [0.05, 0.1) is 26.4 Å². The van der Waals surface area contributed by atoms with Crippen LogP contribution in [0.25, 0.3) is 0 Å². The van der Waals surface area contributed by atoms with Gasteiger partial charge >= 0.3 is 29.4 Å². The molecule has 0 fully saturated rings. The molecule has 0 unspecified atom stereocenters. The molecule has 9 heteroatoms. The SMILES string of the molecule is CCCCOC(=O)C(NCC(=O)O)(C(=O)OCCCC)C(=O)OCCCC. The van der Waals surface area contributed by atoms with Crippen molar-refractivity contribution >= 4 is 23.9 Å². The molecule has 0 aromatic carbocycles. The van der Waals surface area contributed by atoms with Gasteiger partial charge in [-0.2, -0.15) is 0 Å². The molecule has 27 heavy (non-hydrogen) atoms. The van der Waals surface area contributed by atoms with Crippen LogP contribution in [0.3, 0.4) is 0 Å². The summed E-state index contributed by atoms with van der Waals surface area (Å²) >= 11 is 0. The van der Waals surface area contributed by atoms with E-state index in [1.807, 2.05) is 20.8 Å². The Labute approximate surface area is 159 Å². The summed E-state index contributed by atoms with van der Waals surface area (Å²) < 4.78 is 15.1. The second-order valence-electron chi connectivity index (χ2n) is 5.97. The predicted octanol–water partition coefficient (Wildman–Crippen LogP) is 1.43. The largest absolute Gasteiger partial charge is 0.480 e. The minimum absolute atomic E-state index is 0.0175. The zero-order chi connectivity index (χ0) is 20.7. The topological polar surface area (TPSA) is 128 Å². The van der Waals surface area contributed by atoms with Crippen LogP contribution in [0.5, 0.6) is 0 Å². The fourth-order valence-corrected chi connectivity index (χ4v) is 1.93. The normalized spacial score (nSPS) is 10.9. The standard InChI is InChI=1S/C18H31NO8/c1-4-7-10-25-15(22)18(19-13-14(20)21,16(23)26-11-8-5-2)17(24)27-12-9-6-3/h19H,4-13H2,1-3H3,(H,20,21). The van der Waals surface area contributed by atoms with Crippen molar-refractivity contribution in [3.63, 3.8) is 0 Å². The lowest BCUT2D eigenvalue weighted by Gasteiger charge is -2.27. The molecule has 0 aliphatic heterocycles. The molecule has 0 rings (SSSR count). The van der Waals surface area contributed by atoms with Crippen LogP contribution in [0.1, 0.15) is 59.3 Å². The lowest BCUT2D eigenvalue weighted by molar-refractivity contribution is -0.178. The highest BCUT2D eigenvalue weighted by molar-refractivity contribution is 6.23. The Bertz CT molecular complexity index is 437. The van der Waals surface area contributed by atoms with E-state index < -0.39 is 36.0 Å². The molecule has 0 spiro atoms. The van der Waals surface area contributed by atoms with E-state index >= 15 is 0 Å². The summed E-state index contributed by atoms with van der Waals surface area (Å²) in [6, 6.07) is 0. The van der Waals surface area contributed by atoms with Crippen molar-refractivity contribution in [2.75, 3.05) is 26.4 Å². The number of esters is 3. The maximum Gasteiger partial charge on any atom is 0.350 e. The first-order chi connectivity index (χ1) is 12.9. The second kappa shape index (κ2) is 14.0. The van der Waals surface area contributed by atoms with Gasteiger partial charge in [-0.15, -0.1) is 0 Å². The highest BCUT2D eigenvalue weighted by Gasteiger charge is 2.58. The van der Waals surface area contributed by atoms with Crippen LogP contribution in [0, 0.1) is 0 Å². The van der Waals surface area contributed by atoms with Gasteiger partial charge in [-0.3, -0.25) is 10.1 Å². The lowest BCUT2D eigenvalue weighted by Crippen LogP contribution is -2.66. The minimum atomic E-state index is -2.66. The summed E-state index contributed by atoms with van der Waals surface area (Å²) in [4.78, 5) is 48.8. The van der Waals surface area contributed by atoms with Crippen LogP contribution in [0.15, 0.2) is 0 Å². The number of hydrogen-bond acceptors (Lipinski definition) is 8. The van der Waals surface area contributed by atoms with Crippen molar-refractivity contribution < 1.29 is 38.5 Å². The van der Waals surface area contributed by atoms with E-state index in [9.17, 15) is 19.2 Å². The molecule has 0 aromatic rings. The van der Waals surface area contributed by atoms with E-state index in [4.69, 9.17) is 19.3 Å². The number of hydrogen-bond donors (Lipinski definition) is 2.